The van der Waals surface area contributed by atoms with E-state index in [1.165, 1.54) is 9.80 Å². The Labute approximate surface area is 223 Å². The van der Waals surface area contributed by atoms with Gasteiger partial charge in [-0.3, -0.25) is 29.0 Å². The fraction of sp³-hybridized carbons (Fsp3) is 0.226. The van der Waals surface area contributed by atoms with Gasteiger partial charge in [0.05, 0.1) is 0 Å². The maximum Gasteiger partial charge on any atom is 0.261 e. The Morgan fingerprint density at radius 3 is 1.26 bits per heavy atom. The van der Waals surface area contributed by atoms with Gasteiger partial charge in [0, 0.05) is 52.7 Å². The molecule has 0 radical (unpaired) electrons. The van der Waals surface area contributed by atoms with E-state index in [-0.39, 0.29) is 36.7 Å². The van der Waals surface area contributed by atoms with Crippen LogP contribution >= 0.6 is 0 Å². The van der Waals surface area contributed by atoms with E-state index < -0.39 is 0 Å². The van der Waals surface area contributed by atoms with Gasteiger partial charge < -0.3 is 10.6 Å². The molecule has 2 aliphatic rings. The minimum atomic E-state index is -0.344. The van der Waals surface area contributed by atoms with Crippen LogP contribution in [0.25, 0.3) is 43.1 Å². The van der Waals surface area contributed by atoms with E-state index in [2.05, 4.69) is 0 Å². The van der Waals surface area contributed by atoms with Crippen LogP contribution in [0.5, 0.6) is 0 Å². The molecule has 8 nitrogen and oxygen atoms in total. The summed E-state index contributed by atoms with van der Waals surface area (Å²) >= 11 is 0. The summed E-state index contributed by atoms with van der Waals surface area (Å²) in [7, 11) is 3.93. The van der Waals surface area contributed by atoms with Crippen LogP contribution in [0.15, 0.2) is 48.5 Å². The van der Waals surface area contributed by atoms with Gasteiger partial charge in [0.25, 0.3) is 23.6 Å². The number of hydrogen-bond acceptors (Lipinski definition) is 6. The number of imide groups is 2. The first-order valence-electron chi connectivity index (χ1n) is 13.1. The van der Waals surface area contributed by atoms with Crippen molar-refractivity contribution in [2.24, 2.45) is 5.73 Å². The summed E-state index contributed by atoms with van der Waals surface area (Å²) in [4.78, 5) is 58.3. The number of carbonyl (C=O) groups excluding carboxylic acids is 4. The first kappa shape index (κ1) is 23.7. The number of amides is 4. The summed E-state index contributed by atoms with van der Waals surface area (Å²) in [6.45, 7) is 1.48. The van der Waals surface area contributed by atoms with Crippen molar-refractivity contribution in [2.45, 2.75) is 6.42 Å². The highest BCUT2D eigenvalue weighted by Crippen LogP contribution is 2.46. The summed E-state index contributed by atoms with van der Waals surface area (Å²) in [6.07, 6.45) is 0.694. The molecule has 0 saturated heterocycles. The lowest BCUT2D eigenvalue weighted by molar-refractivity contribution is 0.0594. The third kappa shape index (κ3) is 3.07. The number of nitrogens with two attached hydrogens (primary N) is 1. The van der Waals surface area contributed by atoms with Crippen molar-refractivity contribution in [3.8, 4) is 0 Å². The largest absolute Gasteiger partial charge is 0.329 e. The molecule has 0 fully saturated rings. The van der Waals surface area contributed by atoms with Crippen LogP contribution in [0.3, 0.4) is 0 Å². The Morgan fingerprint density at radius 2 is 0.923 bits per heavy atom. The molecule has 0 aliphatic carbocycles. The summed E-state index contributed by atoms with van der Waals surface area (Å²) in [6, 6.07) is 14.8. The van der Waals surface area contributed by atoms with Crippen molar-refractivity contribution in [3.63, 3.8) is 0 Å². The smallest absolute Gasteiger partial charge is 0.261 e. The molecule has 0 unspecified atom stereocenters. The van der Waals surface area contributed by atoms with Crippen molar-refractivity contribution in [3.05, 3.63) is 70.8 Å². The third-order valence-electron chi connectivity index (χ3n) is 8.14. The molecule has 4 amide bonds. The molecule has 2 N–H and O–H groups in total. The Bertz CT molecular complexity index is 1810. The molecule has 0 spiro atoms. The minimum absolute atomic E-state index is 0.157. The quantitative estimate of drug-likeness (QED) is 0.208. The van der Waals surface area contributed by atoms with Crippen molar-refractivity contribution < 1.29 is 19.2 Å². The highest BCUT2D eigenvalue weighted by molar-refractivity contribution is 6.41. The van der Waals surface area contributed by atoms with Crippen molar-refractivity contribution in [2.75, 3.05) is 40.3 Å². The monoisotopic (exact) mass is 518 g/mol. The predicted molar refractivity (Wildman–Crippen MR) is 151 cm³/mol. The highest BCUT2D eigenvalue weighted by atomic mass is 16.2. The van der Waals surface area contributed by atoms with Crippen LogP contribution in [0.4, 0.5) is 0 Å². The van der Waals surface area contributed by atoms with Gasteiger partial charge in [0.15, 0.2) is 0 Å². The fourth-order valence-corrected chi connectivity index (χ4v) is 6.45. The topological polar surface area (TPSA) is 104 Å². The van der Waals surface area contributed by atoms with E-state index >= 15 is 0 Å². The van der Waals surface area contributed by atoms with Crippen LogP contribution < -0.4 is 5.73 Å². The second-order valence-electron chi connectivity index (χ2n) is 10.6. The summed E-state index contributed by atoms with van der Waals surface area (Å²) in [5, 5.41) is 6.53. The minimum Gasteiger partial charge on any atom is -0.329 e. The lowest BCUT2D eigenvalue weighted by Crippen LogP contribution is -2.43. The molecular weight excluding hydrogens is 492 g/mol. The molecule has 5 aromatic carbocycles. The van der Waals surface area contributed by atoms with Crippen LogP contribution in [0.1, 0.15) is 47.9 Å². The molecule has 5 aromatic rings. The van der Waals surface area contributed by atoms with Crippen molar-refractivity contribution in [1.29, 1.82) is 0 Å². The van der Waals surface area contributed by atoms with Gasteiger partial charge in [-0.15, -0.1) is 0 Å². The van der Waals surface area contributed by atoms with Gasteiger partial charge in [-0.25, -0.2) is 0 Å². The molecule has 0 atom stereocenters. The Hall–Kier alpha value is -4.40. The first-order valence-corrected chi connectivity index (χ1v) is 13.1. The number of benzene rings is 5. The molecular formula is C31H26N4O4. The summed E-state index contributed by atoms with van der Waals surface area (Å²) in [5.41, 5.74) is 7.68. The number of carbonyl (C=O) groups is 4. The second-order valence-corrected chi connectivity index (χ2v) is 10.6. The molecule has 0 bridgehead atoms. The summed E-state index contributed by atoms with van der Waals surface area (Å²) < 4.78 is 0. The normalized spacial score (nSPS) is 15.4. The standard InChI is InChI=1S/C31H26N4O4/c1-33(2)13-3-14-34-28(36)20-8-4-16-18-6-10-22-27-23(31(39)35(15-12-32)30(22)38)11-7-19(25(18)27)17-5-9-21(29(34)37)26(20)24(16)17/h4-11H,3,12-15,32H2,1-2H3. The molecule has 194 valence electrons. The zero-order valence-electron chi connectivity index (χ0n) is 21.7. The van der Waals surface area contributed by atoms with Gasteiger partial charge in [0.1, 0.15) is 0 Å². The van der Waals surface area contributed by atoms with Crippen LogP contribution in [-0.4, -0.2) is 78.6 Å². The number of fused-ring (bicyclic) bond motifs is 2. The molecule has 8 heteroatoms. The molecule has 2 heterocycles. The fourth-order valence-electron chi connectivity index (χ4n) is 6.45. The Morgan fingerprint density at radius 1 is 0.564 bits per heavy atom. The third-order valence-corrected chi connectivity index (χ3v) is 8.14. The van der Waals surface area contributed by atoms with E-state index in [1.807, 2.05) is 43.3 Å². The Kier molecular flexibility index (Phi) is 5.04. The van der Waals surface area contributed by atoms with Gasteiger partial charge in [-0.05, 0) is 83.6 Å². The van der Waals surface area contributed by atoms with E-state index in [9.17, 15) is 19.2 Å². The van der Waals surface area contributed by atoms with Crippen LogP contribution in [0, 0.1) is 0 Å². The van der Waals surface area contributed by atoms with Crippen LogP contribution in [-0.2, 0) is 0 Å². The molecule has 7 rings (SSSR count). The van der Waals surface area contributed by atoms with E-state index in [1.54, 1.807) is 24.3 Å². The molecule has 39 heavy (non-hydrogen) atoms. The zero-order chi connectivity index (χ0) is 27.2. The van der Waals surface area contributed by atoms with Gasteiger partial charge >= 0.3 is 0 Å². The van der Waals surface area contributed by atoms with Gasteiger partial charge in [-0.1, -0.05) is 24.3 Å². The van der Waals surface area contributed by atoms with Gasteiger partial charge in [0.2, 0.25) is 0 Å². The molecule has 2 aliphatic heterocycles. The van der Waals surface area contributed by atoms with Crippen molar-refractivity contribution >= 4 is 66.7 Å². The summed E-state index contributed by atoms with van der Waals surface area (Å²) in [5.74, 6) is -1.24. The maximum atomic E-state index is 13.5. The average Bonchev–Trinajstić information content (AvgIpc) is 2.93. The number of nitrogens with zero attached hydrogens (tertiary/aromatic N) is 3. The number of hydrogen-bond donors (Lipinski definition) is 1. The van der Waals surface area contributed by atoms with Gasteiger partial charge in [-0.2, -0.15) is 0 Å². The number of rotatable bonds is 6. The lowest BCUT2D eigenvalue weighted by Gasteiger charge is -2.30. The molecule has 0 saturated carbocycles. The first-order chi connectivity index (χ1) is 18.8. The van der Waals surface area contributed by atoms with E-state index in [4.69, 9.17) is 5.73 Å². The Balaban J connectivity index is 1.50. The van der Waals surface area contributed by atoms with Crippen molar-refractivity contribution in [1.82, 2.24) is 14.7 Å². The second kappa shape index (κ2) is 8.30. The van der Waals surface area contributed by atoms with E-state index in [0.717, 1.165) is 38.9 Å². The predicted octanol–water partition coefficient (Wildman–Crippen LogP) is 3.84. The zero-order valence-corrected chi connectivity index (χ0v) is 21.7. The molecule has 0 aromatic heterocycles. The van der Waals surface area contributed by atoms with Crippen LogP contribution in [0.2, 0.25) is 0 Å². The maximum absolute atomic E-state index is 13.5. The van der Waals surface area contributed by atoms with E-state index in [0.29, 0.717) is 46.0 Å². The SMILES string of the molecule is CN(C)CCCN1C(=O)c2ccc3c4ccc5c6c(ccc(c7ccc(c2c37)C1=O)c64)C(=O)N(CCN)C5=O. The lowest BCUT2D eigenvalue weighted by atomic mass is 9.82. The highest BCUT2D eigenvalue weighted by Gasteiger charge is 2.36. The average molecular weight is 519 g/mol.